The summed E-state index contributed by atoms with van der Waals surface area (Å²) in [5.74, 6) is 0. The van der Waals surface area contributed by atoms with Crippen LogP contribution in [0.1, 0.15) is 5.56 Å². The van der Waals surface area contributed by atoms with Crippen LogP contribution in [-0.4, -0.2) is 18.3 Å². The zero-order chi connectivity index (χ0) is 9.35. The van der Waals surface area contributed by atoms with Gasteiger partial charge in [-0.1, -0.05) is 53.8 Å². The molecule has 12 heavy (non-hydrogen) atoms. The molecule has 63 valence electrons. The van der Waals surface area contributed by atoms with Gasteiger partial charge in [0.15, 0.2) is 0 Å². The highest BCUT2D eigenvalue weighted by Crippen LogP contribution is 2.04. The first kappa shape index (κ1) is 9.74. The Labute approximate surface area is 79.4 Å². The lowest BCUT2D eigenvalue weighted by molar-refractivity contribution is 1.50. The van der Waals surface area contributed by atoms with Crippen molar-refractivity contribution in [2.24, 2.45) is 0 Å². The highest BCUT2D eigenvalue weighted by molar-refractivity contribution is 6.89. The molecule has 1 rings (SSSR count). The molecule has 0 aromatic heterocycles. The van der Waals surface area contributed by atoms with Gasteiger partial charge in [-0.05, 0) is 6.92 Å². The Hall–Kier alpha value is -0.346. The van der Waals surface area contributed by atoms with Gasteiger partial charge in [0.05, 0.1) is 18.3 Å². The third kappa shape index (κ3) is 2.08. The summed E-state index contributed by atoms with van der Waals surface area (Å²) in [6, 6.07) is 6.56. The van der Waals surface area contributed by atoms with E-state index in [1.165, 1.54) is 10.8 Å². The van der Waals surface area contributed by atoms with Gasteiger partial charge in [-0.25, -0.2) is 0 Å². The van der Waals surface area contributed by atoms with E-state index >= 15 is 0 Å². The second-order valence-electron chi connectivity index (χ2n) is 4.28. The highest BCUT2D eigenvalue weighted by atomic mass is 28.3. The van der Waals surface area contributed by atoms with Gasteiger partial charge in [0.25, 0.3) is 0 Å². The standard InChI is InChI=1S/C10H15Si2/c1-8-5-6-9(11)7-10(8)12(2,3)4/h5-7H,1-4H3. The maximum atomic E-state index is 3.56. The Morgan fingerprint density at radius 3 is 2.17 bits per heavy atom. The van der Waals surface area contributed by atoms with Crippen LogP contribution >= 0.6 is 0 Å². The number of rotatable bonds is 1. The molecular weight excluding hydrogens is 176 g/mol. The molecule has 0 fully saturated rings. The first-order chi connectivity index (χ1) is 5.41. The minimum Gasteiger partial charge on any atom is -0.0675 e. The maximum absolute atomic E-state index is 3.56. The molecular formula is C10H15Si2. The molecule has 0 bridgehead atoms. The van der Waals surface area contributed by atoms with Crippen LogP contribution in [0.25, 0.3) is 0 Å². The number of benzene rings is 1. The monoisotopic (exact) mass is 191 g/mol. The van der Waals surface area contributed by atoms with E-state index in [1.54, 1.807) is 5.19 Å². The van der Waals surface area contributed by atoms with Crippen LogP contribution in [-0.2, 0) is 0 Å². The summed E-state index contributed by atoms with van der Waals surface area (Å²) in [7, 11) is 2.42. The largest absolute Gasteiger partial charge is 0.0779 e. The van der Waals surface area contributed by atoms with Gasteiger partial charge in [-0.2, -0.15) is 0 Å². The second-order valence-corrected chi connectivity index (χ2v) is 9.90. The highest BCUT2D eigenvalue weighted by Gasteiger charge is 2.17. The van der Waals surface area contributed by atoms with E-state index in [2.05, 4.69) is 55.0 Å². The predicted molar refractivity (Wildman–Crippen MR) is 59.5 cm³/mol. The Bertz CT molecular complexity index is 284. The van der Waals surface area contributed by atoms with Crippen LogP contribution in [0.4, 0.5) is 0 Å². The molecule has 0 unspecified atom stereocenters. The van der Waals surface area contributed by atoms with Gasteiger partial charge in [0.1, 0.15) is 0 Å². The van der Waals surface area contributed by atoms with Gasteiger partial charge >= 0.3 is 0 Å². The summed E-state index contributed by atoms with van der Waals surface area (Å²) in [6.07, 6.45) is 0. The number of aryl methyl sites for hydroxylation is 1. The zero-order valence-electron chi connectivity index (χ0n) is 8.23. The molecule has 0 saturated carbocycles. The minimum atomic E-state index is -1.14. The molecule has 3 radical (unpaired) electrons. The molecule has 0 aliphatic rings. The fourth-order valence-corrected chi connectivity index (χ4v) is 3.66. The lowest BCUT2D eigenvalue weighted by Crippen LogP contribution is -2.41. The molecule has 0 aliphatic carbocycles. The summed E-state index contributed by atoms with van der Waals surface area (Å²) < 4.78 is 0. The zero-order valence-corrected chi connectivity index (χ0v) is 10.2. The third-order valence-electron chi connectivity index (χ3n) is 2.05. The molecule has 1 aromatic carbocycles. The topological polar surface area (TPSA) is 0 Å². The molecule has 0 heterocycles. The van der Waals surface area contributed by atoms with E-state index in [0.29, 0.717) is 0 Å². The van der Waals surface area contributed by atoms with Gasteiger partial charge in [0.2, 0.25) is 0 Å². The van der Waals surface area contributed by atoms with E-state index in [4.69, 9.17) is 0 Å². The summed E-state index contributed by atoms with van der Waals surface area (Å²) >= 11 is 0. The van der Waals surface area contributed by atoms with Gasteiger partial charge < -0.3 is 0 Å². The average molecular weight is 191 g/mol. The molecule has 0 atom stereocenters. The molecule has 2 heteroatoms. The summed E-state index contributed by atoms with van der Waals surface area (Å²) in [5, 5.41) is 2.74. The van der Waals surface area contributed by atoms with Gasteiger partial charge in [0, 0.05) is 0 Å². The molecule has 0 spiro atoms. The van der Waals surface area contributed by atoms with Gasteiger partial charge in [-0.3, -0.25) is 0 Å². The number of hydrogen-bond acceptors (Lipinski definition) is 0. The van der Waals surface area contributed by atoms with E-state index in [1.807, 2.05) is 0 Å². The molecule has 0 aliphatic heterocycles. The van der Waals surface area contributed by atoms with Crippen molar-refractivity contribution in [1.82, 2.24) is 0 Å². The summed E-state index contributed by atoms with van der Waals surface area (Å²) in [5.41, 5.74) is 1.43. The van der Waals surface area contributed by atoms with Crippen LogP contribution < -0.4 is 10.4 Å². The van der Waals surface area contributed by atoms with E-state index < -0.39 is 8.07 Å². The Morgan fingerprint density at radius 2 is 1.75 bits per heavy atom. The average Bonchev–Trinajstić information content (AvgIpc) is 1.92. The maximum Gasteiger partial charge on any atom is 0.0779 e. The molecule has 0 nitrogen and oxygen atoms in total. The first-order valence-corrected chi connectivity index (χ1v) is 8.24. The predicted octanol–water partition coefficient (Wildman–Crippen LogP) is 1.33. The fraction of sp³-hybridized carbons (Fsp3) is 0.400. The van der Waals surface area contributed by atoms with Crippen molar-refractivity contribution in [2.45, 2.75) is 26.6 Å². The Kier molecular flexibility index (Phi) is 2.59. The van der Waals surface area contributed by atoms with Crippen molar-refractivity contribution < 1.29 is 0 Å². The van der Waals surface area contributed by atoms with Crippen molar-refractivity contribution in [1.29, 1.82) is 0 Å². The van der Waals surface area contributed by atoms with Crippen molar-refractivity contribution in [2.75, 3.05) is 0 Å². The fourth-order valence-electron chi connectivity index (χ4n) is 1.43. The SMILES string of the molecule is Cc1ccc([Si])cc1[Si](C)(C)C. The smallest absolute Gasteiger partial charge is 0.0675 e. The normalized spacial score (nSPS) is 11.8. The van der Waals surface area contributed by atoms with Crippen LogP contribution in [0.3, 0.4) is 0 Å². The lowest BCUT2D eigenvalue weighted by atomic mass is 10.2. The summed E-state index contributed by atoms with van der Waals surface area (Å²) in [6.45, 7) is 9.32. The first-order valence-electron chi connectivity index (χ1n) is 4.24. The molecule has 0 N–H and O–H groups in total. The molecule has 0 saturated heterocycles. The van der Waals surface area contributed by atoms with Crippen LogP contribution in [0.15, 0.2) is 18.2 Å². The third-order valence-corrected chi connectivity index (χ3v) is 4.51. The second kappa shape index (κ2) is 3.19. The van der Waals surface area contributed by atoms with Crippen molar-refractivity contribution in [3.05, 3.63) is 23.8 Å². The minimum absolute atomic E-state index is 1.14. The lowest BCUT2D eigenvalue weighted by Gasteiger charge is -2.19. The Morgan fingerprint density at radius 1 is 1.17 bits per heavy atom. The molecule has 0 amide bonds. The van der Waals surface area contributed by atoms with Crippen molar-refractivity contribution in [3.63, 3.8) is 0 Å². The van der Waals surface area contributed by atoms with Crippen molar-refractivity contribution in [3.8, 4) is 0 Å². The summed E-state index contributed by atoms with van der Waals surface area (Å²) in [4.78, 5) is 0. The molecule has 1 aromatic rings. The van der Waals surface area contributed by atoms with E-state index in [9.17, 15) is 0 Å². The quantitative estimate of drug-likeness (QED) is 0.588. The Balaban J connectivity index is 3.23. The van der Waals surface area contributed by atoms with Crippen molar-refractivity contribution >= 4 is 28.7 Å². The van der Waals surface area contributed by atoms with E-state index in [0.717, 1.165) is 0 Å². The van der Waals surface area contributed by atoms with Gasteiger partial charge in [-0.15, -0.1) is 0 Å². The van der Waals surface area contributed by atoms with Crippen LogP contribution in [0, 0.1) is 6.92 Å². The van der Waals surface area contributed by atoms with Crippen LogP contribution in [0.2, 0.25) is 19.6 Å². The van der Waals surface area contributed by atoms with Crippen LogP contribution in [0.5, 0.6) is 0 Å². The number of hydrogen-bond donors (Lipinski definition) is 0. The van der Waals surface area contributed by atoms with E-state index in [-0.39, 0.29) is 0 Å².